The van der Waals surface area contributed by atoms with E-state index in [4.69, 9.17) is 34.8 Å². The SMILES string of the molecule is CS(=O)(=O)N(CC(=O)Nc1ccc(N2CCCC2=O)cc1)c1cc(Cl)c(Cl)cc1Cl. The van der Waals surface area contributed by atoms with Crippen LogP contribution in [0, 0.1) is 0 Å². The van der Waals surface area contributed by atoms with E-state index in [9.17, 15) is 18.0 Å². The van der Waals surface area contributed by atoms with E-state index in [1.807, 2.05) is 0 Å². The molecule has 0 aromatic heterocycles. The molecule has 1 aliphatic heterocycles. The van der Waals surface area contributed by atoms with Crippen molar-refractivity contribution in [1.29, 1.82) is 0 Å². The van der Waals surface area contributed by atoms with Crippen LogP contribution >= 0.6 is 34.8 Å². The van der Waals surface area contributed by atoms with Gasteiger partial charge in [0.05, 0.1) is 27.0 Å². The summed E-state index contributed by atoms with van der Waals surface area (Å²) < 4.78 is 25.4. The number of carbonyl (C=O) groups is 2. The first-order valence-corrected chi connectivity index (χ1v) is 11.9. The molecule has 0 radical (unpaired) electrons. The van der Waals surface area contributed by atoms with Gasteiger partial charge in [0.15, 0.2) is 0 Å². The molecule has 1 heterocycles. The smallest absolute Gasteiger partial charge is 0.245 e. The topological polar surface area (TPSA) is 86.8 Å². The van der Waals surface area contributed by atoms with Gasteiger partial charge in [-0.2, -0.15) is 0 Å². The Kier molecular flexibility index (Phi) is 6.81. The van der Waals surface area contributed by atoms with Gasteiger partial charge in [-0.15, -0.1) is 0 Å². The molecule has 1 fully saturated rings. The highest BCUT2D eigenvalue weighted by molar-refractivity contribution is 7.92. The summed E-state index contributed by atoms with van der Waals surface area (Å²) >= 11 is 18.0. The molecule has 7 nitrogen and oxygen atoms in total. The minimum absolute atomic E-state index is 0.0438. The normalized spacial score (nSPS) is 14.1. The van der Waals surface area contributed by atoms with E-state index in [-0.39, 0.29) is 26.7 Å². The second kappa shape index (κ2) is 9.01. The zero-order valence-corrected chi connectivity index (χ0v) is 18.9. The second-order valence-corrected chi connectivity index (χ2v) is 9.86. The summed E-state index contributed by atoms with van der Waals surface area (Å²) in [5, 5.41) is 2.96. The van der Waals surface area contributed by atoms with Gasteiger partial charge in [0.1, 0.15) is 6.54 Å². The summed E-state index contributed by atoms with van der Waals surface area (Å²) in [6, 6.07) is 9.36. The van der Waals surface area contributed by atoms with E-state index in [0.29, 0.717) is 18.7 Å². The minimum atomic E-state index is -3.84. The van der Waals surface area contributed by atoms with Crippen LogP contribution in [0.2, 0.25) is 15.1 Å². The quantitative estimate of drug-likeness (QED) is 0.616. The average molecular weight is 491 g/mol. The van der Waals surface area contributed by atoms with Crippen LogP contribution < -0.4 is 14.5 Å². The van der Waals surface area contributed by atoms with E-state index in [0.717, 1.165) is 22.7 Å². The number of hydrogen-bond donors (Lipinski definition) is 1. The lowest BCUT2D eigenvalue weighted by Crippen LogP contribution is -2.37. The molecule has 0 bridgehead atoms. The van der Waals surface area contributed by atoms with Crippen molar-refractivity contribution in [3.63, 3.8) is 0 Å². The van der Waals surface area contributed by atoms with Gasteiger partial charge in [-0.3, -0.25) is 13.9 Å². The van der Waals surface area contributed by atoms with Crippen molar-refractivity contribution in [2.24, 2.45) is 0 Å². The number of hydrogen-bond acceptors (Lipinski definition) is 4. The summed E-state index contributed by atoms with van der Waals surface area (Å²) in [4.78, 5) is 26.0. The van der Waals surface area contributed by atoms with Gasteiger partial charge >= 0.3 is 0 Å². The number of nitrogens with one attached hydrogen (secondary N) is 1. The molecule has 0 atom stereocenters. The van der Waals surface area contributed by atoms with Gasteiger partial charge in [0, 0.05) is 24.3 Å². The summed E-state index contributed by atoms with van der Waals surface area (Å²) in [5.74, 6) is -0.512. The van der Waals surface area contributed by atoms with Crippen LogP contribution in [0.15, 0.2) is 36.4 Å². The Balaban J connectivity index is 1.76. The molecule has 0 spiro atoms. The molecule has 1 N–H and O–H groups in total. The third kappa shape index (κ3) is 5.18. The zero-order chi connectivity index (χ0) is 22.1. The maximum atomic E-state index is 12.5. The molecule has 0 unspecified atom stereocenters. The first-order valence-electron chi connectivity index (χ1n) is 8.89. The minimum Gasteiger partial charge on any atom is -0.325 e. The maximum Gasteiger partial charge on any atom is 0.245 e. The molecule has 30 heavy (non-hydrogen) atoms. The molecule has 1 aliphatic rings. The third-order valence-corrected chi connectivity index (χ3v) is 6.63. The van der Waals surface area contributed by atoms with Crippen molar-refractivity contribution in [1.82, 2.24) is 0 Å². The highest BCUT2D eigenvalue weighted by atomic mass is 35.5. The molecule has 160 valence electrons. The van der Waals surface area contributed by atoms with Crippen molar-refractivity contribution < 1.29 is 18.0 Å². The van der Waals surface area contributed by atoms with E-state index >= 15 is 0 Å². The Morgan fingerprint density at radius 2 is 1.73 bits per heavy atom. The number of benzene rings is 2. The van der Waals surface area contributed by atoms with Crippen molar-refractivity contribution in [3.05, 3.63) is 51.5 Å². The van der Waals surface area contributed by atoms with Crippen LogP contribution in [0.4, 0.5) is 17.1 Å². The molecule has 1 saturated heterocycles. The number of halogens is 3. The van der Waals surface area contributed by atoms with Crippen molar-refractivity contribution in [2.45, 2.75) is 12.8 Å². The van der Waals surface area contributed by atoms with Crippen LogP contribution in [-0.2, 0) is 19.6 Å². The molecule has 2 aromatic rings. The molecule has 0 aliphatic carbocycles. The number of sulfonamides is 1. The summed E-state index contributed by atoms with van der Waals surface area (Å²) in [5.41, 5.74) is 1.26. The Bertz CT molecular complexity index is 1090. The predicted octanol–water partition coefficient (Wildman–Crippen LogP) is 4.18. The Hall–Kier alpha value is -2.00. The molecule has 2 aromatic carbocycles. The van der Waals surface area contributed by atoms with Gasteiger partial charge in [0.25, 0.3) is 0 Å². The lowest BCUT2D eigenvalue weighted by molar-refractivity contribution is -0.117. The fourth-order valence-corrected chi connectivity index (χ4v) is 4.61. The Labute approximate surface area is 189 Å². The third-order valence-electron chi connectivity index (χ3n) is 4.48. The van der Waals surface area contributed by atoms with Gasteiger partial charge in [-0.1, -0.05) is 34.8 Å². The van der Waals surface area contributed by atoms with Gasteiger partial charge in [0.2, 0.25) is 21.8 Å². The fourth-order valence-electron chi connectivity index (χ4n) is 3.06. The van der Waals surface area contributed by atoms with Crippen LogP contribution in [0.3, 0.4) is 0 Å². The zero-order valence-electron chi connectivity index (χ0n) is 15.9. The van der Waals surface area contributed by atoms with Crippen LogP contribution in [-0.4, -0.2) is 39.6 Å². The molecular formula is C19H18Cl3N3O4S. The lowest BCUT2D eigenvalue weighted by Gasteiger charge is -2.23. The number of carbonyl (C=O) groups excluding carboxylic acids is 2. The number of rotatable bonds is 6. The van der Waals surface area contributed by atoms with Crippen LogP contribution in [0.5, 0.6) is 0 Å². The molecular weight excluding hydrogens is 473 g/mol. The Morgan fingerprint density at radius 3 is 2.30 bits per heavy atom. The van der Waals surface area contributed by atoms with E-state index < -0.39 is 22.5 Å². The van der Waals surface area contributed by atoms with Crippen LogP contribution in [0.25, 0.3) is 0 Å². The first-order chi connectivity index (χ1) is 14.1. The summed E-state index contributed by atoms with van der Waals surface area (Å²) in [6.45, 7) is 0.154. The van der Waals surface area contributed by atoms with Gasteiger partial charge in [-0.05, 0) is 42.8 Å². The fraction of sp³-hybridized carbons (Fsp3) is 0.263. The standard InChI is InChI=1S/C19H18Cl3N3O4S/c1-30(28,29)25(17-10-15(21)14(20)9-16(17)22)11-18(26)23-12-4-6-13(7-5-12)24-8-2-3-19(24)27/h4-7,9-10H,2-3,8,11H2,1H3,(H,23,26). The Morgan fingerprint density at radius 1 is 1.10 bits per heavy atom. The van der Waals surface area contributed by atoms with Crippen molar-refractivity contribution >= 4 is 73.7 Å². The molecule has 3 rings (SSSR count). The average Bonchev–Trinajstić information content (AvgIpc) is 3.09. The lowest BCUT2D eigenvalue weighted by atomic mass is 10.2. The largest absolute Gasteiger partial charge is 0.325 e. The maximum absolute atomic E-state index is 12.5. The summed E-state index contributed by atoms with van der Waals surface area (Å²) in [7, 11) is -3.84. The monoisotopic (exact) mass is 489 g/mol. The van der Waals surface area contributed by atoms with E-state index in [1.54, 1.807) is 29.2 Å². The van der Waals surface area contributed by atoms with Gasteiger partial charge < -0.3 is 10.2 Å². The second-order valence-electron chi connectivity index (χ2n) is 6.73. The number of anilines is 3. The van der Waals surface area contributed by atoms with E-state index in [1.165, 1.54) is 12.1 Å². The number of amides is 2. The van der Waals surface area contributed by atoms with Gasteiger partial charge in [-0.25, -0.2) is 8.42 Å². The first kappa shape index (κ1) is 22.7. The van der Waals surface area contributed by atoms with E-state index in [2.05, 4.69) is 5.32 Å². The van der Waals surface area contributed by atoms with Crippen molar-refractivity contribution in [2.75, 3.05) is 33.9 Å². The highest BCUT2D eigenvalue weighted by Crippen LogP contribution is 2.35. The highest BCUT2D eigenvalue weighted by Gasteiger charge is 2.25. The van der Waals surface area contributed by atoms with Crippen LogP contribution in [0.1, 0.15) is 12.8 Å². The van der Waals surface area contributed by atoms with Crippen molar-refractivity contribution in [3.8, 4) is 0 Å². The summed E-state index contributed by atoms with van der Waals surface area (Å²) in [6.07, 6.45) is 2.30. The molecule has 0 saturated carbocycles. The number of nitrogens with zero attached hydrogens (tertiary/aromatic N) is 2. The molecule has 2 amide bonds. The molecule has 11 heteroatoms. The predicted molar refractivity (Wildman–Crippen MR) is 120 cm³/mol.